The highest BCUT2D eigenvalue weighted by atomic mass is 16.5. The number of aromatic hydroxyl groups is 1. The van der Waals surface area contributed by atoms with Gasteiger partial charge in [-0.15, -0.1) is 0 Å². The molecular weight excluding hydrogens is 212 g/mol. The number of aliphatic hydroxyl groups is 1. The first kappa shape index (κ1) is 10.2. The Morgan fingerprint density at radius 1 is 1.19 bits per heavy atom. The number of methoxy groups -OCH3 is 1. The molecule has 0 saturated heterocycles. The summed E-state index contributed by atoms with van der Waals surface area (Å²) in [5.74, 6) is -2.23. The van der Waals surface area contributed by atoms with Crippen LogP contribution in [0.1, 0.15) is 15.9 Å². The molecule has 0 amide bonds. The number of benzene rings is 1. The molecule has 0 atom stereocenters. The fraction of sp³-hybridized carbons (Fsp3) is 0.0909. The van der Waals surface area contributed by atoms with Crippen molar-refractivity contribution < 1.29 is 24.5 Å². The minimum atomic E-state index is -0.811. The number of fused-ring (bicyclic) bond motifs is 1. The van der Waals surface area contributed by atoms with E-state index in [4.69, 9.17) is 4.74 Å². The predicted octanol–water partition coefficient (Wildman–Crippen LogP) is 1.07. The van der Waals surface area contributed by atoms with Crippen molar-refractivity contribution in [3.05, 3.63) is 29.3 Å². The Kier molecular flexibility index (Phi) is 2.16. The summed E-state index contributed by atoms with van der Waals surface area (Å²) < 4.78 is 4.84. The maximum atomic E-state index is 11.5. The summed E-state index contributed by atoms with van der Waals surface area (Å²) in [6.45, 7) is 0. The van der Waals surface area contributed by atoms with E-state index in [1.807, 2.05) is 0 Å². The Morgan fingerprint density at radius 3 is 2.50 bits per heavy atom. The third-order valence-corrected chi connectivity index (χ3v) is 2.35. The Balaban J connectivity index is 2.75. The van der Waals surface area contributed by atoms with E-state index in [9.17, 15) is 19.8 Å². The van der Waals surface area contributed by atoms with Gasteiger partial charge in [-0.3, -0.25) is 9.59 Å². The van der Waals surface area contributed by atoms with E-state index < -0.39 is 17.3 Å². The third kappa shape index (κ3) is 1.25. The second-order valence-electron chi connectivity index (χ2n) is 3.26. The molecular formula is C11H8O5. The van der Waals surface area contributed by atoms with E-state index in [1.165, 1.54) is 19.2 Å². The number of Topliss-reactive ketones (excluding diaryl/α,β-unsaturated/α-hetero) is 1. The van der Waals surface area contributed by atoms with Crippen molar-refractivity contribution in [1.29, 1.82) is 0 Å². The number of allylic oxidation sites excluding steroid dienone is 1. The molecule has 0 unspecified atom stereocenters. The zero-order valence-electron chi connectivity index (χ0n) is 8.35. The highest BCUT2D eigenvalue weighted by molar-refractivity contribution is 6.50. The number of carbonyl (C=O) groups is 2. The molecule has 0 radical (unpaired) electrons. The minimum Gasteiger partial charge on any atom is -0.507 e. The van der Waals surface area contributed by atoms with Gasteiger partial charge in [0.2, 0.25) is 11.6 Å². The lowest BCUT2D eigenvalue weighted by Crippen LogP contribution is -2.18. The summed E-state index contributed by atoms with van der Waals surface area (Å²) in [6, 6.07) is 2.69. The highest BCUT2D eigenvalue weighted by Crippen LogP contribution is 2.38. The van der Waals surface area contributed by atoms with Crippen molar-refractivity contribution in [2.75, 3.05) is 7.11 Å². The number of hydrogen-bond donors (Lipinski definition) is 2. The average Bonchev–Trinajstić information content (AvgIpc) is 2.25. The summed E-state index contributed by atoms with van der Waals surface area (Å²) in [4.78, 5) is 22.6. The van der Waals surface area contributed by atoms with Crippen molar-refractivity contribution in [3.8, 4) is 11.5 Å². The molecule has 16 heavy (non-hydrogen) atoms. The van der Waals surface area contributed by atoms with Gasteiger partial charge in [-0.1, -0.05) is 0 Å². The molecule has 0 aromatic heterocycles. The summed E-state index contributed by atoms with van der Waals surface area (Å²) in [5.41, 5.74) is -0.0905. The van der Waals surface area contributed by atoms with E-state index >= 15 is 0 Å². The molecule has 1 aliphatic carbocycles. The first-order chi connectivity index (χ1) is 7.56. The Labute approximate surface area is 90.6 Å². The van der Waals surface area contributed by atoms with Crippen LogP contribution in [0.5, 0.6) is 11.5 Å². The van der Waals surface area contributed by atoms with E-state index in [0.717, 1.165) is 6.08 Å². The second-order valence-corrected chi connectivity index (χ2v) is 3.26. The van der Waals surface area contributed by atoms with E-state index in [-0.39, 0.29) is 22.6 Å². The van der Waals surface area contributed by atoms with Gasteiger partial charge in [-0.05, 0) is 12.1 Å². The SMILES string of the molecule is COc1ccc2c(c1O)C(O)=CC(=O)C2=O. The van der Waals surface area contributed by atoms with Crippen molar-refractivity contribution in [3.63, 3.8) is 0 Å². The maximum absolute atomic E-state index is 11.5. The third-order valence-electron chi connectivity index (χ3n) is 2.35. The molecule has 5 heteroatoms. The first-order valence-electron chi connectivity index (χ1n) is 4.46. The summed E-state index contributed by atoms with van der Waals surface area (Å²) in [6.07, 6.45) is 0.782. The zero-order valence-corrected chi connectivity index (χ0v) is 8.35. The predicted molar refractivity (Wildman–Crippen MR) is 54.6 cm³/mol. The molecule has 0 spiro atoms. The van der Waals surface area contributed by atoms with Crippen molar-refractivity contribution in [2.24, 2.45) is 0 Å². The topological polar surface area (TPSA) is 83.8 Å². The fourth-order valence-corrected chi connectivity index (χ4v) is 1.58. The van der Waals surface area contributed by atoms with Gasteiger partial charge in [0, 0.05) is 11.6 Å². The molecule has 0 aliphatic heterocycles. The Morgan fingerprint density at radius 2 is 1.88 bits per heavy atom. The van der Waals surface area contributed by atoms with Gasteiger partial charge in [0.15, 0.2) is 11.5 Å². The lowest BCUT2D eigenvalue weighted by molar-refractivity contribution is -0.111. The van der Waals surface area contributed by atoms with Crippen LogP contribution in [0, 0.1) is 0 Å². The second kappa shape index (κ2) is 3.37. The van der Waals surface area contributed by atoms with Gasteiger partial charge in [-0.25, -0.2) is 0 Å². The van der Waals surface area contributed by atoms with Crippen LogP contribution < -0.4 is 4.74 Å². The van der Waals surface area contributed by atoms with Gasteiger partial charge in [0.25, 0.3) is 0 Å². The minimum absolute atomic E-state index is 0.0247. The summed E-state index contributed by atoms with van der Waals surface area (Å²) in [7, 11) is 1.35. The lowest BCUT2D eigenvalue weighted by Gasteiger charge is -2.15. The molecule has 2 N–H and O–H groups in total. The number of ether oxygens (including phenoxy) is 1. The number of phenols is 1. The average molecular weight is 220 g/mol. The molecule has 5 nitrogen and oxygen atoms in total. The number of rotatable bonds is 1. The van der Waals surface area contributed by atoms with E-state index in [2.05, 4.69) is 0 Å². The molecule has 1 aliphatic rings. The highest BCUT2D eigenvalue weighted by Gasteiger charge is 2.29. The summed E-state index contributed by atoms with van der Waals surface area (Å²) in [5, 5.41) is 19.2. The molecule has 0 bridgehead atoms. The van der Waals surface area contributed by atoms with Crippen LogP contribution in [-0.4, -0.2) is 28.9 Å². The largest absolute Gasteiger partial charge is 0.507 e. The van der Waals surface area contributed by atoms with Gasteiger partial charge in [-0.2, -0.15) is 0 Å². The quantitative estimate of drug-likeness (QED) is 0.691. The van der Waals surface area contributed by atoms with Gasteiger partial charge >= 0.3 is 0 Å². The van der Waals surface area contributed by atoms with Crippen LogP contribution in [-0.2, 0) is 4.79 Å². The number of aliphatic hydroxyl groups excluding tert-OH is 1. The number of carbonyl (C=O) groups excluding carboxylic acids is 2. The van der Waals surface area contributed by atoms with Crippen LogP contribution in [0.3, 0.4) is 0 Å². The maximum Gasteiger partial charge on any atom is 0.233 e. The van der Waals surface area contributed by atoms with Crippen LogP contribution >= 0.6 is 0 Å². The molecule has 1 aromatic rings. The Bertz CT molecular complexity index is 527. The normalized spacial score (nSPS) is 14.4. The molecule has 0 saturated carbocycles. The monoisotopic (exact) mass is 220 g/mol. The van der Waals surface area contributed by atoms with Gasteiger partial charge in [0.1, 0.15) is 5.76 Å². The smallest absolute Gasteiger partial charge is 0.233 e. The molecule has 1 aromatic carbocycles. The van der Waals surface area contributed by atoms with Crippen LogP contribution in [0.25, 0.3) is 5.76 Å². The van der Waals surface area contributed by atoms with Gasteiger partial charge < -0.3 is 14.9 Å². The zero-order chi connectivity index (χ0) is 11.9. The lowest BCUT2D eigenvalue weighted by atomic mass is 9.93. The molecule has 0 fully saturated rings. The van der Waals surface area contributed by atoms with Crippen molar-refractivity contribution in [2.45, 2.75) is 0 Å². The van der Waals surface area contributed by atoms with Crippen LogP contribution in [0.4, 0.5) is 0 Å². The van der Waals surface area contributed by atoms with E-state index in [0.29, 0.717) is 0 Å². The van der Waals surface area contributed by atoms with Gasteiger partial charge in [0.05, 0.1) is 12.7 Å². The Hall–Kier alpha value is -2.30. The number of hydrogen-bond acceptors (Lipinski definition) is 5. The molecule has 82 valence electrons. The molecule has 0 heterocycles. The summed E-state index contributed by atoms with van der Waals surface area (Å²) >= 11 is 0. The van der Waals surface area contributed by atoms with Crippen molar-refractivity contribution >= 4 is 17.3 Å². The standard InChI is InChI=1S/C11H8O5/c1-16-8-3-2-5-9(11(8)15)6(12)4-7(13)10(5)14/h2-4,12,15H,1H3. The van der Waals surface area contributed by atoms with Crippen molar-refractivity contribution in [1.82, 2.24) is 0 Å². The fourth-order valence-electron chi connectivity index (χ4n) is 1.58. The number of phenolic OH excluding ortho intramolecular Hbond substituents is 1. The van der Waals surface area contributed by atoms with Crippen LogP contribution in [0.2, 0.25) is 0 Å². The number of ketones is 2. The first-order valence-corrected chi connectivity index (χ1v) is 4.46. The molecule has 2 rings (SSSR count). The van der Waals surface area contributed by atoms with Crippen LogP contribution in [0.15, 0.2) is 18.2 Å². The van der Waals surface area contributed by atoms with E-state index in [1.54, 1.807) is 0 Å².